The van der Waals surface area contributed by atoms with Gasteiger partial charge >= 0.3 is 0 Å². The molecule has 2 aliphatic carbocycles. The molecule has 8 nitrogen and oxygen atoms in total. The molecule has 0 bridgehead atoms. The number of nitrogens with two attached hydrogens (primary N) is 1. The van der Waals surface area contributed by atoms with Crippen LogP contribution in [0.2, 0.25) is 0 Å². The van der Waals surface area contributed by atoms with Gasteiger partial charge in [-0.15, -0.1) is 0 Å². The van der Waals surface area contributed by atoms with Gasteiger partial charge in [-0.1, -0.05) is 5.16 Å². The predicted octanol–water partition coefficient (Wildman–Crippen LogP) is 1.74. The molecular weight excluding hydrogens is 308 g/mol. The minimum absolute atomic E-state index is 0.318. The molecule has 2 aliphatic rings. The average molecular weight is 330 g/mol. The molecule has 0 radical (unpaired) electrons. The second kappa shape index (κ2) is 6.35. The molecule has 24 heavy (non-hydrogen) atoms. The number of hydrogen-bond acceptors (Lipinski definition) is 8. The number of anilines is 1. The van der Waals surface area contributed by atoms with Crippen LogP contribution >= 0.6 is 0 Å². The first-order valence-electron chi connectivity index (χ1n) is 8.49. The molecule has 0 aliphatic heterocycles. The maximum Gasteiger partial charge on any atom is 0.278 e. The number of hydrogen-bond donors (Lipinski definition) is 2. The molecule has 2 aromatic heterocycles. The molecule has 2 fully saturated rings. The number of nitrogens with one attached hydrogen (secondary N) is 1. The third-order valence-corrected chi connectivity index (χ3v) is 4.56. The summed E-state index contributed by atoms with van der Waals surface area (Å²) in [6, 6.07) is 2.36. The predicted molar refractivity (Wildman–Crippen MR) is 87.0 cm³/mol. The number of nitrogens with zero attached hydrogens (tertiary/aromatic N) is 4. The Kier molecular flexibility index (Phi) is 4.05. The summed E-state index contributed by atoms with van der Waals surface area (Å²) in [4.78, 5) is 9.42. The smallest absolute Gasteiger partial charge is 0.278 e. The van der Waals surface area contributed by atoms with E-state index in [2.05, 4.69) is 25.2 Å². The fourth-order valence-electron chi connectivity index (χ4n) is 2.89. The highest BCUT2D eigenvalue weighted by molar-refractivity contribution is 5.39. The van der Waals surface area contributed by atoms with E-state index in [1.165, 1.54) is 12.8 Å². The van der Waals surface area contributed by atoms with E-state index in [9.17, 15) is 0 Å². The second-order valence-electron chi connectivity index (χ2n) is 6.67. The van der Waals surface area contributed by atoms with Crippen LogP contribution in [0.4, 0.5) is 5.82 Å². The monoisotopic (exact) mass is 330 g/mol. The normalized spacial score (nSPS) is 22.9. The van der Waals surface area contributed by atoms with Crippen LogP contribution in [-0.2, 0) is 0 Å². The Morgan fingerprint density at radius 1 is 1.25 bits per heavy atom. The summed E-state index contributed by atoms with van der Waals surface area (Å²) in [5.74, 6) is 3.26. The minimum Gasteiger partial charge on any atom is -0.472 e. The van der Waals surface area contributed by atoms with Crippen LogP contribution in [0.5, 0.6) is 5.88 Å². The zero-order valence-electron chi connectivity index (χ0n) is 13.7. The Labute approximate surface area is 140 Å². The van der Waals surface area contributed by atoms with E-state index >= 15 is 0 Å². The van der Waals surface area contributed by atoms with Crippen LogP contribution < -0.4 is 15.8 Å². The van der Waals surface area contributed by atoms with Crippen LogP contribution in [0.15, 0.2) is 10.7 Å². The van der Waals surface area contributed by atoms with Gasteiger partial charge < -0.3 is 15.8 Å². The van der Waals surface area contributed by atoms with Gasteiger partial charge in [-0.2, -0.15) is 0 Å². The van der Waals surface area contributed by atoms with Gasteiger partial charge in [-0.05, 0) is 37.8 Å². The minimum atomic E-state index is 0.318. The molecule has 0 aromatic carbocycles. The SMILES string of the molecule is Cc1nonc1OCCNc1cc(C2CC(N)C2)nc(C2CC2)n1. The lowest BCUT2D eigenvalue weighted by Gasteiger charge is -2.32. The Hall–Kier alpha value is -2.22. The second-order valence-corrected chi connectivity index (χ2v) is 6.67. The van der Waals surface area contributed by atoms with Crippen LogP contribution in [0, 0.1) is 6.92 Å². The van der Waals surface area contributed by atoms with Crippen LogP contribution in [0.25, 0.3) is 0 Å². The molecule has 2 aromatic rings. The van der Waals surface area contributed by atoms with Gasteiger partial charge in [-0.25, -0.2) is 14.6 Å². The lowest BCUT2D eigenvalue weighted by atomic mass is 9.78. The summed E-state index contributed by atoms with van der Waals surface area (Å²) < 4.78 is 10.1. The molecule has 0 saturated heterocycles. The maximum absolute atomic E-state index is 5.92. The van der Waals surface area contributed by atoms with Crippen molar-refractivity contribution in [3.05, 3.63) is 23.3 Å². The maximum atomic E-state index is 5.92. The number of aromatic nitrogens is 4. The van der Waals surface area contributed by atoms with Crippen LogP contribution in [0.1, 0.15) is 54.7 Å². The fourth-order valence-corrected chi connectivity index (χ4v) is 2.89. The van der Waals surface area contributed by atoms with Crippen molar-refractivity contribution in [2.75, 3.05) is 18.5 Å². The standard InChI is InChI=1S/C16H22N6O2/c1-9-16(22-24-21-9)23-5-4-18-14-8-13(11-6-12(17)7-11)19-15(20-14)10-2-3-10/h8,10-12H,2-7,17H2,1H3,(H,18,19,20). The van der Waals surface area contributed by atoms with Gasteiger partial charge in [0.1, 0.15) is 23.9 Å². The van der Waals surface area contributed by atoms with Crippen molar-refractivity contribution in [3.8, 4) is 5.88 Å². The molecular formula is C16H22N6O2. The lowest BCUT2D eigenvalue weighted by Crippen LogP contribution is -2.35. The third-order valence-electron chi connectivity index (χ3n) is 4.56. The number of rotatable bonds is 7. The number of aryl methyl sites for hydroxylation is 1. The van der Waals surface area contributed by atoms with E-state index in [0.717, 1.165) is 30.2 Å². The summed E-state index contributed by atoms with van der Waals surface area (Å²) in [6.07, 6.45) is 4.41. The molecule has 0 amide bonds. The molecule has 8 heteroatoms. The van der Waals surface area contributed by atoms with Gasteiger partial charge in [0.2, 0.25) is 0 Å². The van der Waals surface area contributed by atoms with Crippen molar-refractivity contribution in [2.45, 2.75) is 50.5 Å². The zero-order valence-corrected chi connectivity index (χ0v) is 13.7. The Morgan fingerprint density at radius 2 is 2.08 bits per heavy atom. The van der Waals surface area contributed by atoms with E-state index in [0.29, 0.717) is 42.6 Å². The molecule has 128 valence electrons. The van der Waals surface area contributed by atoms with Gasteiger partial charge in [0, 0.05) is 29.6 Å². The molecule has 0 unspecified atom stereocenters. The van der Waals surface area contributed by atoms with Crippen LogP contribution in [-0.4, -0.2) is 39.5 Å². The third kappa shape index (κ3) is 3.33. The quantitative estimate of drug-likeness (QED) is 0.738. The van der Waals surface area contributed by atoms with Gasteiger partial charge in [0.05, 0.1) is 6.54 Å². The summed E-state index contributed by atoms with van der Waals surface area (Å²) in [5.41, 5.74) is 7.69. The van der Waals surface area contributed by atoms with Crippen molar-refractivity contribution in [1.29, 1.82) is 0 Å². The van der Waals surface area contributed by atoms with Crippen molar-refractivity contribution < 1.29 is 9.37 Å². The molecule has 2 heterocycles. The number of ether oxygens (including phenoxy) is 1. The van der Waals surface area contributed by atoms with E-state index in [-0.39, 0.29) is 0 Å². The zero-order chi connectivity index (χ0) is 16.5. The Morgan fingerprint density at radius 3 is 2.75 bits per heavy atom. The first kappa shape index (κ1) is 15.3. The largest absolute Gasteiger partial charge is 0.472 e. The summed E-state index contributed by atoms with van der Waals surface area (Å²) in [6.45, 7) is 2.87. The lowest BCUT2D eigenvalue weighted by molar-refractivity contribution is 0.261. The van der Waals surface area contributed by atoms with Gasteiger partial charge in [0.15, 0.2) is 0 Å². The van der Waals surface area contributed by atoms with E-state index in [1.54, 1.807) is 6.92 Å². The van der Waals surface area contributed by atoms with Crippen molar-refractivity contribution in [3.63, 3.8) is 0 Å². The van der Waals surface area contributed by atoms with Crippen molar-refractivity contribution in [1.82, 2.24) is 20.3 Å². The van der Waals surface area contributed by atoms with Gasteiger partial charge in [-0.3, -0.25) is 0 Å². The van der Waals surface area contributed by atoms with Crippen LogP contribution in [0.3, 0.4) is 0 Å². The first-order chi connectivity index (χ1) is 11.7. The summed E-state index contributed by atoms with van der Waals surface area (Å²) >= 11 is 0. The van der Waals surface area contributed by atoms with Crippen molar-refractivity contribution >= 4 is 5.82 Å². The van der Waals surface area contributed by atoms with E-state index in [1.807, 2.05) is 6.07 Å². The highest BCUT2D eigenvalue weighted by atomic mass is 16.6. The fraction of sp³-hybridized carbons (Fsp3) is 0.625. The Balaban J connectivity index is 1.37. The summed E-state index contributed by atoms with van der Waals surface area (Å²) in [5, 5.41) is 10.7. The first-order valence-corrected chi connectivity index (χ1v) is 8.49. The van der Waals surface area contributed by atoms with Crippen molar-refractivity contribution in [2.24, 2.45) is 5.73 Å². The molecule has 3 N–H and O–H groups in total. The summed E-state index contributed by atoms with van der Waals surface area (Å²) in [7, 11) is 0. The molecule has 0 atom stereocenters. The molecule has 4 rings (SSSR count). The van der Waals surface area contributed by atoms with E-state index < -0.39 is 0 Å². The van der Waals surface area contributed by atoms with E-state index in [4.69, 9.17) is 15.5 Å². The highest BCUT2D eigenvalue weighted by Gasteiger charge is 2.32. The average Bonchev–Trinajstić information content (AvgIpc) is 3.32. The Bertz CT molecular complexity index is 708. The van der Waals surface area contributed by atoms with Gasteiger partial charge in [0.25, 0.3) is 5.88 Å². The topological polar surface area (TPSA) is 112 Å². The molecule has 0 spiro atoms. The highest BCUT2D eigenvalue weighted by Crippen LogP contribution is 2.41. The molecule has 2 saturated carbocycles.